The Bertz CT molecular complexity index is 681. The minimum absolute atomic E-state index is 0.00159. The summed E-state index contributed by atoms with van der Waals surface area (Å²) in [5, 5.41) is 12.3. The number of allylic oxidation sites excluding steroid dienone is 1. The average molecular weight is 377 g/mol. The summed E-state index contributed by atoms with van der Waals surface area (Å²) in [7, 11) is 3.04. The van der Waals surface area contributed by atoms with Crippen LogP contribution in [0.1, 0.15) is 28.8 Å². The topological polar surface area (TPSA) is 94.1 Å². The van der Waals surface area contributed by atoms with Crippen molar-refractivity contribution in [3.8, 4) is 11.5 Å². The van der Waals surface area contributed by atoms with Crippen LogP contribution in [0.4, 0.5) is 0 Å². The summed E-state index contributed by atoms with van der Waals surface area (Å²) in [6.07, 6.45) is 3.60. The molecule has 0 bridgehead atoms. The van der Waals surface area contributed by atoms with E-state index in [1.807, 2.05) is 0 Å². The highest BCUT2D eigenvalue weighted by molar-refractivity contribution is 5.95. The maximum atomic E-state index is 12.6. The van der Waals surface area contributed by atoms with Gasteiger partial charge in [0.2, 0.25) is 0 Å². The largest absolute Gasteiger partial charge is 0.493 e. The van der Waals surface area contributed by atoms with Gasteiger partial charge in [-0.2, -0.15) is 0 Å². The smallest absolute Gasteiger partial charge is 0.308 e. The van der Waals surface area contributed by atoms with Crippen LogP contribution in [0.3, 0.4) is 0 Å². The van der Waals surface area contributed by atoms with Crippen LogP contribution in [0.15, 0.2) is 24.8 Å². The lowest BCUT2D eigenvalue weighted by atomic mass is 9.86. The highest BCUT2D eigenvalue weighted by atomic mass is 16.5. The molecule has 27 heavy (non-hydrogen) atoms. The van der Waals surface area contributed by atoms with Gasteiger partial charge in [0, 0.05) is 30.9 Å². The van der Waals surface area contributed by atoms with E-state index in [2.05, 4.69) is 11.9 Å². The number of aliphatic carboxylic acids is 1. The predicted octanol–water partition coefficient (Wildman–Crippen LogP) is 2.29. The van der Waals surface area contributed by atoms with E-state index in [1.54, 1.807) is 18.2 Å². The molecular weight excluding hydrogens is 350 g/mol. The molecule has 1 aliphatic rings. The van der Waals surface area contributed by atoms with Crippen molar-refractivity contribution < 1.29 is 28.9 Å². The van der Waals surface area contributed by atoms with Crippen molar-refractivity contribution in [2.45, 2.75) is 19.3 Å². The van der Waals surface area contributed by atoms with Gasteiger partial charge in [-0.1, -0.05) is 6.08 Å². The number of hydrogen-bond donors (Lipinski definition) is 2. The monoisotopic (exact) mass is 377 g/mol. The summed E-state index contributed by atoms with van der Waals surface area (Å²) in [5.41, 5.74) is 1.16. The maximum Gasteiger partial charge on any atom is 0.308 e. The van der Waals surface area contributed by atoms with Gasteiger partial charge in [-0.25, -0.2) is 0 Å². The first-order valence-electron chi connectivity index (χ1n) is 8.96. The van der Waals surface area contributed by atoms with Crippen molar-refractivity contribution in [1.82, 2.24) is 5.32 Å². The molecule has 1 unspecified atom stereocenters. The molecule has 1 aliphatic heterocycles. The number of carbonyl (C=O) groups is 2. The van der Waals surface area contributed by atoms with Crippen LogP contribution in [-0.2, 0) is 16.0 Å². The summed E-state index contributed by atoms with van der Waals surface area (Å²) in [6.45, 7) is 4.91. The molecule has 7 heteroatoms. The van der Waals surface area contributed by atoms with Gasteiger partial charge < -0.3 is 24.6 Å². The van der Waals surface area contributed by atoms with Gasteiger partial charge in [-0.15, -0.1) is 6.58 Å². The van der Waals surface area contributed by atoms with Gasteiger partial charge in [-0.3, -0.25) is 9.59 Å². The third-order valence-corrected chi connectivity index (χ3v) is 4.82. The number of rotatable bonds is 9. The Balaban J connectivity index is 2.15. The number of methoxy groups -OCH3 is 2. The van der Waals surface area contributed by atoms with Crippen LogP contribution in [0, 0.1) is 11.8 Å². The Morgan fingerprint density at radius 3 is 2.59 bits per heavy atom. The zero-order chi connectivity index (χ0) is 19.8. The number of carbonyl (C=O) groups excluding carboxylic acids is 1. The fraction of sp³-hybridized carbons (Fsp3) is 0.500. The highest BCUT2D eigenvalue weighted by Crippen LogP contribution is 2.33. The van der Waals surface area contributed by atoms with Crippen LogP contribution in [0.25, 0.3) is 0 Å². The van der Waals surface area contributed by atoms with Crippen molar-refractivity contribution in [3.63, 3.8) is 0 Å². The van der Waals surface area contributed by atoms with Crippen LogP contribution >= 0.6 is 0 Å². The Hall–Kier alpha value is -2.54. The quantitative estimate of drug-likeness (QED) is 0.641. The van der Waals surface area contributed by atoms with E-state index in [9.17, 15) is 14.7 Å². The second-order valence-electron chi connectivity index (χ2n) is 6.47. The van der Waals surface area contributed by atoms with E-state index in [0.29, 0.717) is 49.5 Å². The van der Waals surface area contributed by atoms with Crippen molar-refractivity contribution in [1.29, 1.82) is 0 Å². The van der Waals surface area contributed by atoms with Crippen molar-refractivity contribution in [2.75, 3.05) is 34.0 Å². The van der Waals surface area contributed by atoms with E-state index in [0.717, 1.165) is 5.56 Å². The number of carboxylic acid groups (broad SMARTS) is 1. The summed E-state index contributed by atoms with van der Waals surface area (Å²) >= 11 is 0. The molecule has 0 saturated carbocycles. The maximum absolute atomic E-state index is 12.6. The van der Waals surface area contributed by atoms with Gasteiger partial charge in [0.15, 0.2) is 11.5 Å². The predicted molar refractivity (Wildman–Crippen MR) is 100 cm³/mol. The fourth-order valence-electron chi connectivity index (χ4n) is 3.36. The second kappa shape index (κ2) is 9.97. The molecule has 0 aliphatic carbocycles. The highest BCUT2D eigenvalue weighted by Gasteiger charge is 2.30. The second-order valence-corrected chi connectivity index (χ2v) is 6.47. The lowest BCUT2D eigenvalue weighted by Gasteiger charge is -2.27. The summed E-state index contributed by atoms with van der Waals surface area (Å²) < 4.78 is 16.0. The molecule has 1 aromatic rings. The first-order chi connectivity index (χ1) is 13.0. The average Bonchev–Trinajstić information content (AvgIpc) is 2.68. The summed E-state index contributed by atoms with van der Waals surface area (Å²) in [6, 6.07) is 3.30. The SMILES string of the molecule is C=CCc1cc(C(=O)NCC(C(=O)O)C2CCOCC2)cc(OC)c1OC. The molecule has 1 saturated heterocycles. The van der Waals surface area contributed by atoms with Crippen LogP contribution in [0.2, 0.25) is 0 Å². The summed E-state index contributed by atoms with van der Waals surface area (Å²) in [5.74, 6) is -0.883. The summed E-state index contributed by atoms with van der Waals surface area (Å²) in [4.78, 5) is 24.3. The van der Waals surface area contributed by atoms with Crippen molar-refractivity contribution in [2.24, 2.45) is 11.8 Å². The molecule has 1 heterocycles. The third-order valence-electron chi connectivity index (χ3n) is 4.82. The molecule has 7 nitrogen and oxygen atoms in total. The van der Waals surface area contributed by atoms with E-state index >= 15 is 0 Å². The number of hydrogen-bond acceptors (Lipinski definition) is 5. The lowest BCUT2D eigenvalue weighted by molar-refractivity contribution is -0.144. The normalized spacial score (nSPS) is 15.6. The molecule has 148 valence electrons. The molecule has 1 aromatic carbocycles. The van der Waals surface area contributed by atoms with Gasteiger partial charge in [-0.05, 0) is 37.3 Å². The van der Waals surface area contributed by atoms with Gasteiger partial charge in [0.05, 0.1) is 20.1 Å². The standard InChI is InChI=1S/C20H27NO6/c1-4-5-14-10-15(11-17(25-2)18(14)26-3)19(22)21-12-16(20(23)24)13-6-8-27-9-7-13/h4,10-11,13,16H,1,5-9,12H2,2-3H3,(H,21,22)(H,23,24). The zero-order valence-electron chi connectivity index (χ0n) is 15.8. The number of ether oxygens (including phenoxy) is 3. The number of nitrogens with one attached hydrogen (secondary N) is 1. The van der Waals surface area contributed by atoms with Crippen LogP contribution in [-0.4, -0.2) is 51.0 Å². The molecule has 0 radical (unpaired) electrons. The molecule has 2 N–H and O–H groups in total. The number of amides is 1. The van der Waals surface area contributed by atoms with E-state index in [-0.39, 0.29) is 18.4 Å². The fourth-order valence-corrected chi connectivity index (χ4v) is 3.36. The molecule has 1 amide bonds. The molecule has 0 aromatic heterocycles. The van der Waals surface area contributed by atoms with Gasteiger partial charge in [0.1, 0.15) is 0 Å². The molecule has 2 rings (SSSR count). The Labute approximate surface area is 159 Å². The molecule has 1 fully saturated rings. The number of benzene rings is 1. The number of carboxylic acids is 1. The van der Waals surface area contributed by atoms with Gasteiger partial charge in [0.25, 0.3) is 5.91 Å². The van der Waals surface area contributed by atoms with E-state index in [1.165, 1.54) is 14.2 Å². The first-order valence-corrected chi connectivity index (χ1v) is 8.96. The van der Waals surface area contributed by atoms with Crippen LogP contribution < -0.4 is 14.8 Å². The van der Waals surface area contributed by atoms with Crippen LogP contribution in [0.5, 0.6) is 11.5 Å². The Morgan fingerprint density at radius 2 is 2.04 bits per heavy atom. The first kappa shape index (κ1) is 20.8. The van der Waals surface area contributed by atoms with E-state index < -0.39 is 11.9 Å². The third kappa shape index (κ3) is 5.23. The Morgan fingerprint density at radius 1 is 1.33 bits per heavy atom. The minimum atomic E-state index is -0.901. The molecule has 1 atom stereocenters. The molecule has 0 spiro atoms. The minimum Gasteiger partial charge on any atom is -0.493 e. The van der Waals surface area contributed by atoms with Crippen molar-refractivity contribution >= 4 is 11.9 Å². The zero-order valence-corrected chi connectivity index (χ0v) is 15.8. The van der Waals surface area contributed by atoms with E-state index in [4.69, 9.17) is 14.2 Å². The molecular formula is C20H27NO6. The van der Waals surface area contributed by atoms with Gasteiger partial charge >= 0.3 is 5.97 Å². The Kier molecular flexibility index (Phi) is 7.67. The van der Waals surface area contributed by atoms with Crippen molar-refractivity contribution in [3.05, 3.63) is 35.9 Å². The lowest BCUT2D eigenvalue weighted by Crippen LogP contribution is -2.39.